The molecule has 1 aromatic rings. The van der Waals surface area contributed by atoms with Gasteiger partial charge in [0.1, 0.15) is 12.4 Å². The summed E-state index contributed by atoms with van der Waals surface area (Å²) in [6.45, 7) is 3.05. The fourth-order valence-corrected chi connectivity index (χ4v) is 1.65. The van der Waals surface area contributed by atoms with Gasteiger partial charge < -0.3 is 19.6 Å². The van der Waals surface area contributed by atoms with Gasteiger partial charge in [0.05, 0.1) is 19.8 Å². The highest BCUT2D eigenvalue weighted by Gasteiger charge is 2.18. The average molecular weight is 299 g/mol. The van der Waals surface area contributed by atoms with Crippen molar-refractivity contribution >= 4 is 17.9 Å². The van der Waals surface area contributed by atoms with Crippen molar-refractivity contribution < 1.29 is 24.0 Å². The molecule has 0 aliphatic rings. The third-order valence-corrected chi connectivity index (χ3v) is 2.68. The highest BCUT2D eigenvalue weighted by molar-refractivity contribution is 5.66. The lowest BCUT2D eigenvalue weighted by Gasteiger charge is -2.15. The van der Waals surface area contributed by atoms with Gasteiger partial charge in [0.15, 0.2) is 0 Å². The van der Waals surface area contributed by atoms with Crippen molar-refractivity contribution in [2.75, 3.05) is 13.2 Å². The van der Waals surface area contributed by atoms with Gasteiger partial charge in [-0.1, -0.05) is 4.98 Å². The van der Waals surface area contributed by atoms with Crippen LogP contribution < -0.4 is 0 Å². The Labute approximate surface area is 121 Å². The Bertz CT molecular complexity index is 495. The second-order valence-corrected chi connectivity index (χ2v) is 4.44. The molecule has 0 saturated carbocycles. The Morgan fingerprint density at radius 3 is 2.38 bits per heavy atom. The first-order chi connectivity index (χ1) is 9.90. The third kappa shape index (κ3) is 6.02. The molecular formula is C12H17N3O6. The number of imidazole rings is 1. The summed E-state index contributed by atoms with van der Waals surface area (Å²) < 4.78 is 11.2. The summed E-state index contributed by atoms with van der Waals surface area (Å²) in [5.41, 5.74) is 0. The Kier molecular flexibility index (Phi) is 6.31. The molecule has 1 heterocycles. The maximum Gasteiger partial charge on any atom is 0.434 e. The predicted molar refractivity (Wildman–Crippen MR) is 70.3 cm³/mol. The van der Waals surface area contributed by atoms with Gasteiger partial charge in [-0.25, -0.2) is 4.57 Å². The van der Waals surface area contributed by atoms with E-state index in [1.165, 1.54) is 30.8 Å². The summed E-state index contributed by atoms with van der Waals surface area (Å²) >= 11 is 0. The maximum atomic E-state index is 10.8. The van der Waals surface area contributed by atoms with E-state index in [-0.39, 0.29) is 25.1 Å². The van der Waals surface area contributed by atoms with E-state index < -0.39 is 16.9 Å². The van der Waals surface area contributed by atoms with Crippen LogP contribution in [0.1, 0.15) is 20.3 Å². The first-order valence-electron chi connectivity index (χ1n) is 6.32. The number of hydrogen-bond donors (Lipinski definition) is 0. The van der Waals surface area contributed by atoms with Crippen LogP contribution in [0, 0.1) is 16.0 Å². The van der Waals surface area contributed by atoms with Crippen LogP contribution in [0.4, 0.5) is 5.95 Å². The smallest absolute Gasteiger partial charge is 0.434 e. The van der Waals surface area contributed by atoms with Gasteiger partial charge in [-0.2, -0.15) is 0 Å². The maximum absolute atomic E-state index is 10.8. The lowest BCUT2D eigenvalue weighted by atomic mass is 10.1. The van der Waals surface area contributed by atoms with E-state index in [1.54, 1.807) is 0 Å². The summed E-state index contributed by atoms with van der Waals surface area (Å²) in [7, 11) is 0. The van der Waals surface area contributed by atoms with Crippen LogP contribution in [0.2, 0.25) is 0 Å². The van der Waals surface area contributed by atoms with Gasteiger partial charge in [-0.05, 0) is 11.3 Å². The third-order valence-electron chi connectivity index (χ3n) is 2.68. The van der Waals surface area contributed by atoms with E-state index in [2.05, 4.69) is 4.98 Å². The van der Waals surface area contributed by atoms with Crippen LogP contribution in [0.15, 0.2) is 12.4 Å². The molecule has 1 aromatic heterocycles. The molecule has 0 spiro atoms. The number of nitrogens with zero attached hydrogens (tertiary/aromatic N) is 3. The lowest BCUT2D eigenvalue weighted by Crippen LogP contribution is -2.21. The minimum absolute atomic E-state index is 0.0884. The Morgan fingerprint density at radius 1 is 1.33 bits per heavy atom. The minimum Gasteiger partial charge on any atom is -0.465 e. The summed E-state index contributed by atoms with van der Waals surface area (Å²) in [5.74, 6) is -1.36. The number of carbonyl (C=O) groups excluding carboxylic acids is 2. The molecule has 0 bridgehead atoms. The van der Waals surface area contributed by atoms with E-state index in [4.69, 9.17) is 9.47 Å². The van der Waals surface area contributed by atoms with Crippen LogP contribution in [-0.2, 0) is 25.6 Å². The number of rotatable bonds is 8. The highest BCUT2D eigenvalue weighted by atomic mass is 16.6. The Hall–Kier alpha value is -2.45. The molecule has 0 amide bonds. The van der Waals surface area contributed by atoms with E-state index in [0.717, 1.165) is 0 Å². The largest absolute Gasteiger partial charge is 0.465 e. The molecule has 9 heteroatoms. The van der Waals surface area contributed by atoms with Crippen LogP contribution in [0.5, 0.6) is 0 Å². The predicted octanol–water partition coefficient (Wildman–Crippen LogP) is 0.924. The topological polar surface area (TPSA) is 114 Å². The molecule has 0 N–H and O–H groups in total. The number of ether oxygens (including phenoxy) is 2. The molecular weight excluding hydrogens is 282 g/mol. The van der Waals surface area contributed by atoms with Crippen molar-refractivity contribution in [2.24, 2.45) is 5.92 Å². The lowest BCUT2D eigenvalue weighted by molar-refractivity contribution is -0.396. The summed E-state index contributed by atoms with van der Waals surface area (Å²) in [6, 6.07) is 0. The van der Waals surface area contributed by atoms with Gasteiger partial charge in [0.2, 0.25) is 0 Å². The normalized spacial score (nSPS) is 10.4. The second-order valence-electron chi connectivity index (χ2n) is 4.44. The first kappa shape index (κ1) is 16.6. The zero-order valence-electron chi connectivity index (χ0n) is 11.9. The van der Waals surface area contributed by atoms with Gasteiger partial charge in [0, 0.05) is 19.8 Å². The number of aryl methyl sites for hydroxylation is 1. The Morgan fingerprint density at radius 2 is 1.90 bits per heavy atom. The number of aromatic nitrogens is 2. The molecule has 21 heavy (non-hydrogen) atoms. The van der Waals surface area contributed by atoms with E-state index >= 15 is 0 Å². The average Bonchev–Trinajstić information content (AvgIpc) is 2.85. The number of nitro groups is 1. The molecule has 0 aliphatic heterocycles. The number of carbonyl (C=O) groups is 2. The van der Waals surface area contributed by atoms with Gasteiger partial charge in [-0.15, -0.1) is 0 Å². The molecule has 0 saturated heterocycles. The zero-order valence-corrected chi connectivity index (χ0v) is 11.9. The van der Waals surface area contributed by atoms with Crippen LogP contribution in [0.25, 0.3) is 0 Å². The molecule has 0 aromatic carbocycles. The van der Waals surface area contributed by atoms with Crippen molar-refractivity contribution in [1.29, 1.82) is 0 Å². The molecule has 9 nitrogen and oxygen atoms in total. The minimum atomic E-state index is -0.576. The van der Waals surface area contributed by atoms with Crippen molar-refractivity contribution in [3.8, 4) is 0 Å². The van der Waals surface area contributed by atoms with Crippen molar-refractivity contribution in [2.45, 2.75) is 26.8 Å². The summed E-state index contributed by atoms with van der Waals surface area (Å²) in [6.07, 6.45) is 3.27. The number of esters is 2. The first-order valence-corrected chi connectivity index (χ1v) is 6.32. The molecule has 0 aliphatic carbocycles. The van der Waals surface area contributed by atoms with E-state index in [1.807, 2.05) is 0 Å². The van der Waals surface area contributed by atoms with Crippen LogP contribution >= 0.6 is 0 Å². The summed E-state index contributed by atoms with van der Waals surface area (Å²) in [5, 5.41) is 10.7. The van der Waals surface area contributed by atoms with Gasteiger partial charge in [-0.3, -0.25) is 9.59 Å². The molecule has 116 valence electrons. The fourth-order valence-electron chi connectivity index (χ4n) is 1.65. The van der Waals surface area contributed by atoms with Gasteiger partial charge >= 0.3 is 17.9 Å². The van der Waals surface area contributed by atoms with E-state index in [9.17, 15) is 19.7 Å². The molecule has 0 fully saturated rings. The van der Waals surface area contributed by atoms with Gasteiger partial charge in [0.25, 0.3) is 0 Å². The summed E-state index contributed by atoms with van der Waals surface area (Å²) in [4.78, 5) is 35.5. The van der Waals surface area contributed by atoms with Crippen molar-refractivity contribution in [3.63, 3.8) is 0 Å². The van der Waals surface area contributed by atoms with Crippen molar-refractivity contribution in [3.05, 3.63) is 22.5 Å². The standard InChI is InChI=1S/C12H17N3O6/c1-9(16)20-7-11(8-21-10(2)17)3-5-14-6-4-13-12(14)15(18)19/h4,6,11H,3,5,7-8H2,1-2H3. The quantitative estimate of drug-likeness (QED) is 0.398. The van der Waals surface area contributed by atoms with E-state index in [0.29, 0.717) is 13.0 Å². The zero-order chi connectivity index (χ0) is 15.8. The monoisotopic (exact) mass is 299 g/mol. The Balaban J connectivity index is 2.58. The van der Waals surface area contributed by atoms with Crippen LogP contribution in [0.3, 0.4) is 0 Å². The van der Waals surface area contributed by atoms with Crippen LogP contribution in [-0.4, -0.2) is 39.6 Å². The molecule has 1 rings (SSSR count). The molecule has 0 radical (unpaired) electrons. The highest BCUT2D eigenvalue weighted by Crippen LogP contribution is 2.13. The number of hydrogen-bond acceptors (Lipinski definition) is 7. The van der Waals surface area contributed by atoms with Crippen molar-refractivity contribution in [1.82, 2.24) is 9.55 Å². The second kappa shape index (κ2) is 7.98. The molecule has 0 unspecified atom stereocenters. The SMILES string of the molecule is CC(=O)OCC(CCn1ccnc1[N+](=O)[O-])COC(C)=O. The molecule has 0 atom stereocenters. The fraction of sp³-hybridized carbons (Fsp3) is 0.583.